The normalized spacial score (nSPS) is 19.3. The molecule has 2 aromatic rings. The maximum atomic E-state index is 14.4. The molecule has 13 heteroatoms. The third-order valence-corrected chi connectivity index (χ3v) is 12.3. The number of alkyl carbamates (subject to hydrolysis) is 1. The van der Waals surface area contributed by atoms with E-state index in [0.717, 1.165) is 36.9 Å². The lowest BCUT2D eigenvalue weighted by molar-refractivity contribution is -0.143. The van der Waals surface area contributed by atoms with Gasteiger partial charge in [0.05, 0.1) is 11.5 Å². The minimum Gasteiger partial charge on any atom is -0.481 e. The lowest BCUT2D eigenvalue weighted by atomic mass is 9.80. The zero-order valence-corrected chi connectivity index (χ0v) is 34.8. The molecule has 3 rings (SSSR count). The molecule has 3 N–H and O–H groups in total. The molecule has 1 aromatic carbocycles. The van der Waals surface area contributed by atoms with Crippen molar-refractivity contribution in [2.24, 2.45) is 23.7 Å². The highest BCUT2D eigenvalue weighted by atomic mass is 32.1. The Morgan fingerprint density at radius 3 is 2.30 bits per heavy atom. The van der Waals surface area contributed by atoms with Crippen molar-refractivity contribution in [3.63, 3.8) is 0 Å². The second-order valence-corrected chi connectivity index (χ2v) is 16.6. The smallest absolute Gasteiger partial charge is 0.407 e. The monoisotopic (exact) mass is 769 g/mol. The number of Topliss-reactive ketones (excluding diaryl/α,β-unsaturated/α-hetero) is 1. The van der Waals surface area contributed by atoms with E-state index in [1.165, 1.54) is 11.3 Å². The Morgan fingerprint density at radius 2 is 1.74 bits per heavy atom. The van der Waals surface area contributed by atoms with Gasteiger partial charge in [-0.25, -0.2) is 9.78 Å². The first-order chi connectivity index (χ1) is 25.4. The average molecular weight is 770 g/mol. The van der Waals surface area contributed by atoms with Gasteiger partial charge in [-0.2, -0.15) is 0 Å². The molecule has 0 saturated carbocycles. The van der Waals surface area contributed by atoms with Gasteiger partial charge in [-0.3, -0.25) is 24.1 Å². The topological polar surface area (TPSA) is 158 Å². The first kappa shape index (κ1) is 44.6. The van der Waals surface area contributed by atoms with E-state index in [2.05, 4.69) is 20.5 Å². The minimum atomic E-state index is -0.944. The summed E-state index contributed by atoms with van der Waals surface area (Å²) in [5, 5.41) is 17.3. The summed E-state index contributed by atoms with van der Waals surface area (Å²) < 4.78 is 5.92. The van der Waals surface area contributed by atoms with Gasteiger partial charge in [0, 0.05) is 49.8 Å². The zero-order chi connectivity index (χ0) is 40.3. The van der Waals surface area contributed by atoms with Crippen molar-refractivity contribution >= 4 is 41.0 Å². The molecule has 1 aliphatic heterocycles. The maximum absolute atomic E-state index is 14.4. The molecular weight excluding hydrogens is 707 g/mol. The van der Waals surface area contributed by atoms with E-state index < -0.39 is 47.5 Å². The largest absolute Gasteiger partial charge is 0.481 e. The van der Waals surface area contributed by atoms with Gasteiger partial charge in [-0.05, 0) is 77.4 Å². The maximum Gasteiger partial charge on any atom is 0.407 e. The van der Waals surface area contributed by atoms with E-state index in [4.69, 9.17) is 4.74 Å². The van der Waals surface area contributed by atoms with Crippen LogP contribution in [0.3, 0.4) is 0 Å². The van der Waals surface area contributed by atoms with Gasteiger partial charge in [-0.15, -0.1) is 11.3 Å². The molecule has 0 aliphatic carbocycles. The van der Waals surface area contributed by atoms with Crippen LogP contribution in [0, 0.1) is 30.6 Å². The van der Waals surface area contributed by atoms with Crippen molar-refractivity contribution in [1.29, 1.82) is 0 Å². The van der Waals surface area contributed by atoms with Gasteiger partial charge in [0.2, 0.25) is 5.91 Å². The molecule has 2 heterocycles. The number of likely N-dealkylation sites (N-methyl/N-ethyl adjacent to an activating group) is 1. The number of hydrogen-bond donors (Lipinski definition) is 3. The number of nitrogens with one attached hydrogen (secondary N) is 2. The quantitative estimate of drug-likeness (QED) is 0.134. The van der Waals surface area contributed by atoms with Crippen molar-refractivity contribution < 1.29 is 33.8 Å². The van der Waals surface area contributed by atoms with Crippen molar-refractivity contribution in [3.8, 4) is 0 Å². The summed E-state index contributed by atoms with van der Waals surface area (Å²) in [5.74, 6) is -2.70. The van der Waals surface area contributed by atoms with Crippen LogP contribution in [0.15, 0.2) is 29.6 Å². The molecule has 1 saturated heterocycles. The van der Waals surface area contributed by atoms with E-state index in [0.29, 0.717) is 18.0 Å². The highest BCUT2D eigenvalue weighted by Gasteiger charge is 2.44. The van der Waals surface area contributed by atoms with Crippen LogP contribution in [0.1, 0.15) is 120 Å². The standard InChI is InChI=1S/C41H63N5O7S/c1-11-27(6)31(22-35(47)41(8)18-13-19-45(41)9)38(49)46(10)33(25(3)4)23-34(53-40(52)42-12-2)37-44-32(24-54-37)36(48)43-30(20-28(7)39(50)51)21-29-16-14-26(5)15-17-29/h14-17,24-25,27-28,30-31,33-34H,11-13,18-23H2,1-10H3,(H,42,52)(H,43,48)(H,50,51)/t27-,28-,30+,31-,33+,34+,41+/m0/s1. The number of benzene rings is 1. The Hall–Kier alpha value is -3.84. The number of thiazole rings is 1. The summed E-state index contributed by atoms with van der Waals surface area (Å²) >= 11 is 1.18. The predicted molar refractivity (Wildman–Crippen MR) is 211 cm³/mol. The van der Waals surface area contributed by atoms with E-state index >= 15 is 0 Å². The van der Waals surface area contributed by atoms with Gasteiger partial charge in [-0.1, -0.05) is 70.9 Å². The van der Waals surface area contributed by atoms with E-state index in [1.54, 1.807) is 31.2 Å². The van der Waals surface area contributed by atoms with Crippen molar-refractivity contribution in [1.82, 2.24) is 25.4 Å². The molecule has 3 amide bonds. The Balaban J connectivity index is 1.87. The summed E-state index contributed by atoms with van der Waals surface area (Å²) in [5.41, 5.74) is 1.61. The van der Waals surface area contributed by atoms with Crippen LogP contribution in [0.2, 0.25) is 0 Å². The molecule has 7 atom stereocenters. The molecule has 1 aromatic heterocycles. The molecule has 54 heavy (non-hydrogen) atoms. The summed E-state index contributed by atoms with van der Waals surface area (Å²) in [7, 11) is 3.73. The van der Waals surface area contributed by atoms with Gasteiger partial charge in [0.25, 0.3) is 5.91 Å². The second-order valence-electron chi connectivity index (χ2n) is 15.7. The summed E-state index contributed by atoms with van der Waals surface area (Å²) in [6.45, 7) is 16.6. The number of aromatic nitrogens is 1. The number of carboxylic acid groups (broad SMARTS) is 1. The number of hydrogen-bond acceptors (Lipinski definition) is 9. The van der Waals surface area contributed by atoms with Crippen molar-refractivity contribution in [2.45, 2.75) is 124 Å². The average Bonchev–Trinajstić information content (AvgIpc) is 3.76. The van der Waals surface area contributed by atoms with Crippen LogP contribution < -0.4 is 10.6 Å². The highest BCUT2D eigenvalue weighted by Crippen LogP contribution is 2.35. The third-order valence-electron chi connectivity index (χ3n) is 11.3. The third kappa shape index (κ3) is 11.8. The molecule has 0 radical (unpaired) electrons. The summed E-state index contributed by atoms with van der Waals surface area (Å²) in [4.78, 5) is 74.8. The number of rotatable bonds is 20. The number of carboxylic acids is 1. The minimum absolute atomic E-state index is 0.0252. The SMILES string of the molecule is CCNC(=O)O[C@H](C[C@H](C(C)C)N(C)C(=O)[C@@H](CC(=O)[C@@]1(C)CCCN1C)[C@@H](C)CC)c1nc(C(=O)N[C@@H](Cc2ccc(C)cc2)C[C@H](C)C(=O)O)cs1. The first-order valence-corrected chi connectivity index (χ1v) is 20.3. The molecule has 1 aliphatic rings. The van der Waals surface area contributed by atoms with E-state index in [-0.39, 0.29) is 54.5 Å². The van der Waals surface area contributed by atoms with Crippen LogP contribution in [-0.4, -0.2) is 94.4 Å². The molecular formula is C41H63N5O7S. The van der Waals surface area contributed by atoms with Crippen molar-refractivity contribution in [2.75, 3.05) is 27.2 Å². The Kier molecular flexibility index (Phi) is 16.7. The van der Waals surface area contributed by atoms with E-state index in [1.807, 2.05) is 72.9 Å². The number of aliphatic carboxylic acids is 1. The first-order valence-electron chi connectivity index (χ1n) is 19.4. The van der Waals surface area contributed by atoms with Crippen LogP contribution in [-0.2, 0) is 25.5 Å². The molecule has 0 spiro atoms. The summed E-state index contributed by atoms with van der Waals surface area (Å²) in [6.07, 6.45) is 1.99. The second kappa shape index (κ2) is 20.2. The number of ketones is 1. The van der Waals surface area contributed by atoms with Gasteiger partial charge < -0.3 is 25.4 Å². The van der Waals surface area contributed by atoms with Crippen LogP contribution >= 0.6 is 11.3 Å². The lowest BCUT2D eigenvalue weighted by Gasteiger charge is -2.38. The number of carbonyl (C=O) groups excluding carboxylic acids is 4. The van der Waals surface area contributed by atoms with Crippen LogP contribution in [0.4, 0.5) is 4.79 Å². The fourth-order valence-corrected chi connectivity index (χ4v) is 8.09. The molecule has 12 nitrogen and oxygen atoms in total. The Bertz CT molecular complexity index is 1580. The number of nitrogens with zero attached hydrogens (tertiary/aromatic N) is 3. The lowest BCUT2D eigenvalue weighted by Crippen LogP contribution is -2.50. The number of amides is 3. The van der Waals surface area contributed by atoms with Crippen molar-refractivity contribution in [3.05, 3.63) is 51.5 Å². The van der Waals surface area contributed by atoms with Gasteiger partial charge in [0.15, 0.2) is 11.9 Å². The highest BCUT2D eigenvalue weighted by molar-refractivity contribution is 7.09. The number of ether oxygens (including phenoxy) is 1. The van der Waals surface area contributed by atoms with Gasteiger partial charge >= 0.3 is 12.1 Å². The van der Waals surface area contributed by atoms with E-state index in [9.17, 15) is 29.1 Å². The van der Waals surface area contributed by atoms with Crippen LogP contribution in [0.5, 0.6) is 0 Å². The predicted octanol–water partition coefficient (Wildman–Crippen LogP) is 6.67. The molecule has 0 bridgehead atoms. The summed E-state index contributed by atoms with van der Waals surface area (Å²) in [6, 6.07) is 7.03. The fourth-order valence-electron chi connectivity index (χ4n) is 7.25. The Labute approximate surface area is 325 Å². The van der Waals surface area contributed by atoms with Gasteiger partial charge in [0.1, 0.15) is 10.7 Å². The number of likely N-dealkylation sites (tertiary alicyclic amines) is 1. The fraction of sp³-hybridized carbons (Fsp3) is 0.659. The molecule has 300 valence electrons. The number of aryl methyl sites for hydroxylation is 1. The molecule has 0 unspecified atom stereocenters. The number of carbonyl (C=O) groups is 5. The van der Waals surface area contributed by atoms with Crippen LogP contribution in [0.25, 0.3) is 0 Å². The zero-order valence-electron chi connectivity index (χ0n) is 33.9. The molecule has 1 fully saturated rings. The Morgan fingerprint density at radius 1 is 1.07 bits per heavy atom.